The molecular weight excluding hydrogens is 256 g/mol. The van der Waals surface area contributed by atoms with Crippen LogP contribution in [0.5, 0.6) is 0 Å². The highest BCUT2D eigenvalue weighted by molar-refractivity contribution is 5.56. The molecule has 0 radical (unpaired) electrons. The van der Waals surface area contributed by atoms with E-state index in [9.17, 15) is 0 Å². The minimum Gasteiger partial charge on any atom is -0.308 e. The van der Waals surface area contributed by atoms with Crippen molar-refractivity contribution >= 4 is 6.08 Å². The quantitative estimate of drug-likeness (QED) is 0.864. The van der Waals surface area contributed by atoms with Crippen molar-refractivity contribution in [1.29, 1.82) is 0 Å². The molecule has 1 heterocycles. The van der Waals surface area contributed by atoms with Gasteiger partial charge < -0.3 is 5.32 Å². The average Bonchev–Trinajstić information content (AvgIpc) is 2.45. The molecule has 0 aromatic carbocycles. The van der Waals surface area contributed by atoms with Crippen molar-refractivity contribution in [2.45, 2.75) is 65.3 Å². The molecule has 2 rings (SSSR count). The number of aromatic nitrogens is 1. The Hall–Kier alpha value is -1.15. The SMILES string of the molecule is Cc1ccncc1/C=C(/CNC(C)(C)C)C1CCCCC1. The first-order valence-corrected chi connectivity index (χ1v) is 8.32. The maximum Gasteiger partial charge on any atom is 0.0342 e. The van der Waals surface area contributed by atoms with Gasteiger partial charge in [-0.1, -0.05) is 30.9 Å². The second-order valence-corrected chi connectivity index (χ2v) is 7.39. The number of pyridine rings is 1. The Morgan fingerprint density at radius 2 is 2.00 bits per heavy atom. The summed E-state index contributed by atoms with van der Waals surface area (Å²) in [6.07, 6.45) is 13.1. The molecule has 1 fully saturated rings. The van der Waals surface area contributed by atoms with Gasteiger partial charge in [-0.25, -0.2) is 0 Å². The molecule has 1 aromatic heterocycles. The Labute approximate surface area is 130 Å². The van der Waals surface area contributed by atoms with E-state index in [0.29, 0.717) is 0 Å². The molecule has 1 aliphatic rings. The second-order valence-electron chi connectivity index (χ2n) is 7.39. The van der Waals surface area contributed by atoms with Gasteiger partial charge in [-0.2, -0.15) is 0 Å². The van der Waals surface area contributed by atoms with Gasteiger partial charge in [-0.05, 0) is 63.6 Å². The number of nitrogens with zero attached hydrogens (tertiary/aromatic N) is 1. The van der Waals surface area contributed by atoms with Crippen LogP contribution in [0.1, 0.15) is 64.0 Å². The molecule has 0 saturated heterocycles. The molecule has 21 heavy (non-hydrogen) atoms. The Balaban J connectivity index is 2.20. The molecule has 2 heteroatoms. The Morgan fingerprint density at radius 1 is 1.29 bits per heavy atom. The fraction of sp³-hybridized carbons (Fsp3) is 0.632. The van der Waals surface area contributed by atoms with Crippen molar-refractivity contribution in [2.24, 2.45) is 5.92 Å². The van der Waals surface area contributed by atoms with Crippen LogP contribution in [0.4, 0.5) is 0 Å². The molecular formula is C19H30N2. The predicted octanol–water partition coefficient (Wildman–Crippen LogP) is 4.74. The molecule has 116 valence electrons. The van der Waals surface area contributed by atoms with Gasteiger partial charge in [-0.15, -0.1) is 0 Å². The topological polar surface area (TPSA) is 24.9 Å². The van der Waals surface area contributed by atoms with Crippen LogP contribution in [0.15, 0.2) is 24.0 Å². The highest BCUT2D eigenvalue weighted by Gasteiger charge is 2.19. The zero-order valence-electron chi connectivity index (χ0n) is 14.1. The standard InChI is InChI=1S/C19H30N2/c1-15-10-11-20-13-17(15)12-18(14-21-19(2,3)4)16-8-6-5-7-9-16/h10-13,16,21H,5-9,14H2,1-4H3/b18-12-. The van der Waals surface area contributed by atoms with E-state index in [1.165, 1.54) is 43.2 Å². The Bertz CT molecular complexity index is 477. The molecule has 2 nitrogen and oxygen atoms in total. The maximum absolute atomic E-state index is 4.29. The third kappa shape index (κ3) is 5.28. The molecule has 0 amide bonds. The van der Waals surface area contributed by atoms with Gasteiger partial charge in [0.05, 0.1) is 0 Å². The number of aryl methyl sites for hydroxylation is 1. The van der Waals surface area contributed by atoms with E-state index in [-0.39, 0.29) is 5.54 Å². The summed E-state index contributed by atoms with van der Waals surface area (Å²) in [5.74, 6) is 0.744. The van der Waals surface area contributed by atoms with Gasteiger partial charge in [0.2, 0.25) is 0 Å². The molecule has 1 aromatic rings. The van der Waals surface area contributed by atoms with Gasteiger partial charge in [0.15, 0.2) is 0 Å². The first-order chi connectivity index (χ1) is 9.96. The zero-order valence-corrected chi connectivity index (χ0v) is 14.1. The summed E-state index contributed by atoms with van der Waals surface area (Å²) in [7, 11) is 0. The smallest absolute Gasteiger partial charge is 0.0342 e. The summed E-state index contributed by atoms with van der Waals surface area (Å²) in [5.41, 5.74) is 4.31. The number of hydrogen-bond donors (Lipinski definition) is 1. The minimum absolute atomic E-state index is 0.164. The fourth-order valence-electron chi connectivity index (χ4n) is 2.98. The van der Waals surface area contributed by atoms with Gasteiger partial charge in [-0.3, -0.25) is 4.98 Å². The van der Waals surface area contributed by atoms with Crippen LogP contribution < -0.4 is 5.32 Å². The highest BCUT2D eigenvalue weighted by Crippen LogP contribution is 2.31. The van der Waals surface area contributed by atoms with Crippen LogP contribution in [-0.4, -0.2) is 17.1 Å². The van der Waals surface area contributed by atoms with E-state index in [2.05, 4.69) is 50.1 Å². The lowest BCUT2D eigenvalue weighted by Gasteiger charge is -2.28. The first kappa shape index (κ1) is 16.2. The van der Waals surface area contributed by atoms with Crippen LogP contribution in [0.2, 0.25) is 0 Å². The van der Waals surface area contributed by atoms with Crippen LogP contribution in [0.3, 0.4) is 0 Å². The van der Waals surface area contributed by atoms with Crippen LogP contribution in [0, 0.1) is 12.8 Å². The van der Waals surface area contributed by atoms with Crippen molar-refractivity contribution in [3.63, 3.8) is 0 Å². The molecule has 0 unspecified atom stereocenters. The number of nitrogens with one attached hydrogen (secondary N) is 1. The average molecular weight is 286 g/mol. The first-order valence-electron chi connectivity index (χ1n) is 8.32. The molecule has 0 atom stereocenters. The lowest BCUT2D eigenvalue weighted by atomic mass is 9.82. The van der Waals surface area contributed by atoms with Crippen LogP contribution >= 0.6 is 0 Å². The fourth-order valence-corrected chi connectivity index (χ4v) is 2.98. The van der Waals surface area contributed by atoms with Crippen molar-refractivity contribution < 1.29 is 0 Å². The van der Waals surface area contributed by atoms with Crippen molar-refractivity contribution in [2.75, 3.05) is 6.54 Å². The highest BCUT2D eigenvalue weighted by atomic mass is 14.9. The summed E-state index contributed by atoms with van der Waals surface area (Å²) in [5, 5.41) is 3.67. The van der Waals surface area contributed by atoms with Crippen molar-refractivity contribution in [3.05, 3.63) is 35.2 Å². The van der Waals surface area contributed by atoms with Crippen molar-refractivity contribution in [1.82, 2.24) is 10.3 Å². The number of hydrogen-bond acceptors (Lipinski definition) is 2. The zero-order chi connectivity index (χ0) is 15.3. The van der Waals surface area contributed by atoms with E-state index in [1.807, 2.05) is 12.4 Å². The van der Waals surface area contributed by atoms with Crippen LogP contribution in [-0.2, 0) is 0 Å². The second kappa shape index (κ2) is 7.22. The maximum atomic E-state index is 4.29. The Kier molecular flexibility index (Phi) is 5.58. The lowest BCUT2D eigenvalue weighted by Crippen LogP contribution is -2.38. The van der Waals surface area contributed by atoms with Crippen molar-refractivity contribution in [3.8, 4) is 0 Å². The predicted molar refractivity (Wildman–Crippen MR) is 91.3 cm³/mol. The summed E-state index contributed by atoms with van der Waals surface area (Å²) < 4.78 is 0. The molecule has 1 aliphatic carbocycles. The van der Waals surface area contributed by atoms with Gasteiger partial charge >= 0.3 is 0 Å². The number of rotatable bonds is 4. The van der Waals surface area contributed by atoms with Gasteiger partial charge in [0.25, 0.3) is 0 Å². The van der Waals surface area contributed by atoms with E-state index in [1.54, 1.807) is 5.57 Å². The largest absolute Gasteiger partial charge is 0.308 e. The molecule has 0 spiro atoms. The monoisotopic (exact) mass is 286 g/mol. The summed E-state index contributed by atoms with van der Waals surface area (Å²) >= 11 is 0. The van der Waals surface area contributed by atoms with E-state index in [0.717, 1.165) is 12.5 Å². The summed E-state index contributed by atoms with van der Waals surface area (Å²) in [4.78, 5) is 4.29. The van der Waals surface area contributed by atoms with Gasteiger partial charge in [0.1, 0.15) is 0 Å². The molecule has 0 bridgehead atoms. The van der Waals surface area contributed by atoms with E-state index < -0.39 is 0 Å². The van der Waals surface area contributed by atoms with E-state index in [4.69, 9.17) is 0 Å². The molecule has 0 aliphatic heterocycles. The Morgan fingerprint density at radius 3 is 2.62 bits per heavy atom. The lowest BCUT2D eigenvalue weighted by molar-refractivity contribution is 0.378. The van der Waals surface area contributed by atoms with E-state index >= 15 is 0 Å². The van der Waals surface area contributed by atoms with Crippen LogP contribution in [0.25, 0.3) is 6.08 Å². The molecule has 1 saturated carbocycles. The third-order valence-electron chi connectivity index (χ3n) is 4.37. The molecule has 1 N–H and O–H groups in total. The third-order valence-corrected chi connectivity index (χ3v) is 4.37. The minimum atomic E-state index is 0.164. The normalized spacial score (nSPS) is 18.0. The summed E-state index contributed by atoms with van der Waals surface area (Å²) in [6.45, 7) is 9.87. The van der Waals surface area contributed by atoms with Gasteiger partial charge in [0, 0.05) is 24.5 Å². The summed E-state index contributed by atoms with van der Waals surface area (Å²) in [6, 6.07) is 2.10.